The maximum absolute atomic E-state index is 12.7. The van der Waals surface area contributed by atoms with Gasteiger partial charge in [0.15, 0.2) is 11.5 Å². The number of rotatable bonds is 8. The van der Waals surface area contributed by atoms with E-state index in [4.69, 9.17) is 37.4 Å². The van der Waals surface area contributed by atoms with Crippen LogP contribution in [0.4, 0.5) is 0 Å². The Kier molecular flexibility index (Phi) is 7.55. The molecule has 7 heteroatoms. The van der Waals surface area contributed by atoms with Gasteiger partial charge in [-0.05, 0) is 28.8 Å². The van der Waals surface area contributed by atoms with Gasteiger partial charge in [-0.15, -0.1) is 0 Å². The molecule has 3 rings (SSSR count). The molecule has 1 atom stereocenters. The first-order valence-electron chi connectivity index (χ1n) is 9.25. The van der Waals surface area contributed by atoms with E-state index in [0.29, 0.717) is 27.1 Å². The topological polar surface area (TPSA) is 57.7 Å². The van der Waals surface area contributed by atoms with Gasteiger partial charge < -0.3 is 14.2 Å². The first kappa shape index (κ1) is 21.9. The Balaban J connectivity index is 1.91. The molecule has 0 bridgehead atoms. The highest BCUT2D eigenvalue weighted by molar-refractivity contribution is 6.35. The summed E-state index contributed by atoms with van der Waals surface area (Å²) in [6, 6.07) is 14.8. The highest BCUT2D eigenvalue weighted by Gasteiger charge is 2.22. The van der Waals surface area contributed by atoms with Crippen molar-refractivity contribution in [2.45, 2.75) is 18.9 Å². The minimum absolute atomic E-state index is 0.155. The van der Waals surface area contributed by atoms with E-state index in [2.05, 4.69) is 4.98 Å². The number of aromatic nitrogens is 1. The van der Waals surface area contributed by atoms with Gasteiger partial charge in [-0.1, -0.05) is 59.6 Å². The van der Waals surface area contributed by atoms with Crippen LogP contribution in [0.1, 0.15) is 22.8 Å². The van der Waals surface area contributed by atoms with Crippen molar-refractivity contribution in [1.29, 1.82) is 0 Å². The highest BCUT2D eigenvalue weighted by atomic mass is 35.5. The van der Waals surface area contributed by atoms with Gasteiger partial charge in [0.2, 0.25) is 0 Å². The average molecular weight is 446 g/mol. The fourth-order valence-electron chi connectivity index (χ4n) is 3.06. The largest absolute Gasteiger partial charge is 0.493 e. The van der Waals surface area contributed by atoms with Gasteiger partial charge in [0.25, 0.3) is 0 Å². The molecule has 3 aromatic rings. The number of hydrogen-bond donors (Lipinski definition) is 0. The molecule has 0 fully saturated rings. The molecule has 0 saturated heterocycles. The summed E-state index contributed by atoms with van der Waals surface area (Å²) < 4.78 is 16.6. The lowest BCUT2D eigenvalue weighted by molar-refractivity contribution is -0.148. The Labute approximate surface area is 185 Å². The number of pyridine rings is 1. The van der Waals surface area contributed by atoms with E-state index in [1.807, 2.05) is 36.4 Å². The molecule has 0 saturated carbocycles. The molecule has 0 aliphatic rings. The summed E-state index contributed by atoms with van der Waals surface area (Å²) >= 11 is 12.6. The van der Waals surface area contributed by atoms with E-state index >= 15 is 0 Å². The SMILES string of the molecule is COc1ccc(C(Cc2c(Cl)cncc2Cl)OC(=O)Cc2ccccc2)cc1OC. The second-order valence-corrected chi connectivity index (χ2v) is 7.36. The lowest BCUT2D eigenvalue weighted by Gasteiger charge is -2.21. The zero-order valence-electron chi connectivity index (χ0n) is 16.6. The smallest absolute Gasteiger partial charge is 0.310 e. The molecular weight excluding hydrogens is 425 g/mol. The lowest BCUT2D eigenvalue weighted by Crippen LogP contribution is -2.16. The predicted molar refractivity (Wildman–Crippen MR) is 116 cm³/mol. The summed E-state index contributed by atoms with van der Waals surface area (Å²) in [5, 5.41) is 0.819. The third-order valence-corrected chi connectivity index (χ3v) is 5.24. The second-order valence-electron chi connectivity index (χ2n) is 6.54. The Morgan fingerprint density at radius 2 is 1.63 bits per heavy atom. The molecule has 1 heterocycles. The van der Waals surface area contributed by atoms with E-state index < -0.39 is 6.10 Å². The van der Waals surface area contributed by atoms with Crippen LogP contribution in [0.25, 0.3) is 0 Å². The van der Waals surface area contributed by atoms with Crippen LogP contribution >= 0.6 is 23.2 Å². The summed E-state index contributed by atoms with van der Waals surface area (Å²) in [5.74, 6) is 0.754. The standard InChI is InChI=1S/C23H21Cl2NO4/c1-28-20-9-8-16(11-22(20)29-2)21(12-17-18(24)13-26-14-19(17)25)30-23(27)10-15-6-4-3-5-7-15/h3-9,11,13-14,21H,10,12H2,1-2H3. The van der Waals surface area contributed by atoms with Gasteiger partial charge in [-0.2, -0.15) is 0 Å². The minimum Gasteiger partial charge on any atom is -0.493 e. The molecule has 2 aromatic carbocycles. The quantitative estimate of drug-likeness (QED) is 0.429. The van der Waals surface area contributed by atoms with Crippen LogP contribution in [0.15, 0.2) is 60.9 Å². The number of carbonyl (C=O) groups is 1. The van der Waals surface area contributed by atoms with Gasteiger partial charge >= 0.3 is 5.97 Å². The van der Waals surface area contributed by atoms with Crippen LogP contribution < -0.4 is 9.47 Å². The van der Waals surface area contributed by atoms with Gasteiger partial charge in [0, 0.05) is 18.8 Å². The predicted octanol–water partition coefficient (Wildman–Crippen LogP) is 5.48. The van der Waals surface area contributed by atoms with Crippen molar-refractivity contribution in [2.75, 3.05) is 14.2 Å². The van der Waals surface area contributed by atoms with Crippen LogP contribution in [0.5, 0.6) is 11.5 Å². The molecule has 0 aliphatic carbocycles. The highest BCUT2D eigenvalue weighted by Crippen LogP contribution is 2.35. The average Bonchev–Trinajstić information content (AvgIpc) is 2.75. The number of benzene rings is 2. The number of ether oxygens (including phenoxy) is 3. The van der Waals surface area contributed by atoms with E-state index in [-0.39, 0.29) is 18.8 Å². The normalized spacial score (nSPS) is 11.6. The number of methoxy groups -OCH3 is 2. The van der Waals surface area contributed by atoms with Crippen LogP contribution in [-0.2, 0) is 22.4 Å². The molecule has 1 unspecified atom stereocenters. The molecule has 0 amide bonds. The van der Waals surface area contributed by atoms with Crippen molar-refractivity contribution in [3.63, 3.8) is 0 Å². The number of nitrogens with zero attached hydrogens (tertiary/aromatic N) is 1. The fraction of sp³-hybridized carbons (Fsp3) is 0.217. The third-order valence-electron chi connectivity index (χ3n) is 4.59. The van der Waals surface area contributed by atoms with E-state index in [1.54, 1.807) is 26.4 Å². The van der Waals surface area contributed by atoms with Gasteiger partial charge in [0.1, 0.15) is 6.10 Å². The molecule has 0 aliphatic heterocycles. The number of hydrogen-bond acceptors (Lipinski definition) is 5. The second kappa shape index (κ2) is 10.3. The fourth-order valence-corrected chi connectivity index (χ4v) is 3.58. The summed E-state index contributed by atoms with van der Waals surface area (Å²) in [4.78, 5) is 16.7. The maximum atomic E-state index is 12.7. The van der Waals surface area contributed by atoms with Crippen LogP contribution in [0.3, 0.4) is 0 Å². The van der Waals surface area contributed by atoms with E-state index in [1.165, 1.54) is 12.4 Å². The Morgan fingerprint density at radius 3 is 2.27 bits per heavy atom. The minimum atomic E-state index is -0.626. The first-order chi connectivity index (χ1) is 14.5. The zero-order chi connectivity index (χ0) is 21.5. The molecule has 0 spiro atoms. The first-order valence-corrected chi connectivity index (χ1v) is 10.0. The van der Waals surface area contributed by atoms with E-state index in [9.17, 15) is 4.79 Å². The van der Waals surface area contributed by atoms with Crippen molar-refractivity contribution in [2.24, 2.45) is 0 Å². The lowest BCUT2D eigenvalue weighted by atomic mass is 10.0. The summed E-state index contributed by atoms with van der Waals surface area (Å²) in [6.07, 6.45) is 2.84. The van der Waals surface area contributed by atoms with E-state index in [0.717, 1.165) is 11.1 Å². The Morgan fingerprint density at radius 1 is 0.967 bits per heavy atom. The summed E-state index contributed by atoms with van der Waals surface area (Å²) in [5.41, 5.74) is 2.26. The molecule has 5 nitrogen and oxygen atoms in total. The molecule has 0 radical (unpaired) electrons. The van der Waals surface area contributed by atoms with Gasteiger partial charge in [-0.3, -0.25) is 9.78 Å². The zero-order valence-corrected chi connectivity index (χ0v) is 18.1. The number of carbonyl (C=O) groups excluding carboxylic acids is 1. The third kappa shape index (κ3) is 5.43. The molecule has 30 heavy (non-hydrogen) atoms. The van der Waals surface area contributed by atoms with Crippen molar-refractivity contribution < 1.29 is 19.0 Å². The number of esters is 1. The van der Waals surface area contributed by atoms with Crippen molar-refractivity contribution in [3.05, 3.63) is 87.7 Å². The Hall–Kier alpha value is -2.76. The van der Waals surface area contributed by atoms with Crippen LogP contribution in [-0.4, -0.2) is 25.2 Å². The molecule has 1 aromatic heterocycles. The van der Waals surface area contributed by atoms with Crippen molar-refractivity contribution >= 4 is 29.2 Å². The molecule has 0 N–H and O–H groups in total. The van der Waals surface area contributed by atoms with Gasteiger partial charge in [-0.25, -0.2) is 0 Å². The monoisotopic (exact) mass is 445 g/mol. The van der Waals surface area contributed by atoms with Crippen LogP contribution in [0, 0.1) is 0 Å². The van der Waals surface area contributed by atoms with Crippen LogP contribution in [0.2, 0.25) is 10.0 Å². The van der Waals surface area contributed by atoms with Crippen molar-refractivity contribution in [1.82, 2.24) is 4.98 Å². The van der Waals surface area contributed by atoms with Crippen molar-refractivity contribution in [3.8, 4) is 11.5 Å². The maximum Gasteiger partial charge on any atom is 0.310 e. The molecular formula is C23H21Cl2NO4. The number of halogens is 2. The van der Waals surface area contributed by atoms with Gasteiger partial charge in [0.05, 0.1) is 30.7 Å². The molecule has 156 valence electrons. The summed E-state index contributed by atoms with van der Waals surface area (Å²) in [6.45, 7) is 0. The summed E-state index contributed by atoms with van der Waals surface area (Å²) in [7, 11) is 3.11. The Bertz CT molecular complexity index is 991.